The summed E-state index contributed by atoms with van der Waals surface area (Å²) in [5.74, 6) is -2.27. The molecule has 3 N–H and O–H groups in total. The van der Waals surface area contributed by atoms with Crippen molar-refractivity contribution >= 4 is 35.6 Å². The van der Waals surface area contributed by atoms with Crippen LogP contribution in [0.25, 0.3) is 0 Å². The standard InChI is InChI=1S/C17H23ClF2N6O3/c18-17-21-14(13(20)15(22-17)25-7-12(19)8-25)23-24-16(28)11(6-26(29)9-27)5-10-3-1-2-4-10/h9-12,29H,1-8H2,(H,24,28)(H,21,22,23)/t11-/m1/s1. The molecule has 9 nitrogen and oxygen atoms in total. The Morgan fingerprint density at radius 2 is 2.07 bits per heavy atom. The lowest BCUT2D eigenvalue weighted by Gasteiger charge is -2.35. The van der Waals surface area contributed by atoms with Crippen LogP contribution in [0.15, 0.2) is 0 Å². The number of nitrogens with zero attached hydrogens (tertiary/aromatic N) is 4. The molecule has 0 spiro atoms. The summed E-state index contributed by atoms with van der Waals surface area (Å²) in [6.07, 6.45) is 3.78. The van der Waals surface area contributed by atoms with Gasteiger partial charge in [-0.3, -0.25) is 25.6 Å². The number of hydrogen-bond acceptors (Lipinski definition) is 7. The van der Waals surface area contributed by atoms with E-state index in [4.69, 9.17) is 11.6 Å². The second-order valence-electron chi connectivity index (χ2n) is 7.41. The topological polar surface area (TPSA) is 111 Å². The van der Waals surface area contributed by atoms with Crippen LogP contribution < -0.4 is 15.8 Å². The Bertz CT molecular complexity index is 746. The van der Waals surface area contributed by atoms with Gasteiger partial charge in [0.15, 0.2) is 11.6 Å². The average Bonchev–Trinajstić information content (AvgIpc) is 3.18. The predicted octanol–water partition coefficient (Wildman–Crippen LogP) is 1.91. The molecule has 2 amide bonds. The zero-order chi connectivity index (χ0) is 21.0. The smallest absolute Gasteiger partial charge is 0.243 e. The third-order valence-corrected chi connectivity index (χ3v) is 5.41. The highest BCUT2D eigenvalue weighted by molar-refractivity contribution is 6.28. The van der Waals surface area contributed by atoms with Gasteiger partial charge in [0.1, 0.15) is 6.17 Å². The van der Waals surface area contributed by atoms with Gasteiger partial charge in [-0.2, -0.15) is 14.4 Å². The number of amides is 2. The molecule has 1 atom stereocenters. The summed E-state index contributed by atoms with van der Waals surface area (Å²) >= 11 is 5.82. The maximum absolute atomic E-state index is 14.6. The van der Waals surface area contributed by atoms with Crippen LogP contribution in [0.4, 0.5) is 20.4 Å². The Balaban J connectivity index is 1.66. The van der Waals surface area contributed by atoms with Gasteiger partial charge in [0.2, 0.25) is 23.4 Å². The molecule has 2 fully saturated rings. The van der Waals surface area contributed by atoms with E-state index in [9.17, 15) is 23.6 Å². The van der Waals surface area contributed by atoms with Crippen molar-refractivity contribution in [2.75, 3.05) is 30.0 Å². The third-order valence-electron chi connectivity index (χ3n) is 5.24. The highest BCUT2D eigenvalue weighted by atomic mass is 35.5. The first-order valence-electron chi connectivity index (χ1n) is 9.46. The monoisotopic (exact) mass is 432 g/mol. The molecule has 2 heterocycles. The third kappa shape index (κ3) is 5.41. The van der Waals surface area contributed by atoms with Crippen LogP contribution in [-0.2, 0) is 9.59 Å². The van der Waals surface area contributed by atoms with Crippen molar-refractivity contribution in [2.24, 2.45) is 11.8 Å². The van der Waals surface area contributed by atoms with Gasteiger partial charge in [-0.15, -0.1) is 0 Å². The minimum Gasteiger partial charge on any atom is -0.348 e. The molecule has 1 saturated carbocycles. The largest absolute Gasteiger partial charge is 0.348 e. The fourth-order valence-electron chi connectivity index (χ4n) is 3.70. The van der Waals surface area contributed by atoms with Crippen molar-refractivity contribution in [3.05, 3.63) is 11.1 Å². The molecular formula is C17H23ClF2N6O3. The van der Waals surface area contributed by atoms with E-state index in [-0.39, 0.29) is 43.0 Å². The van der Waals surface area contributed by atoms with Crippen molar-refractivity contribution in [3.8, 4) is 0 Å². The number of hydrogen-bond donors (Lipinski definition) is 3. The molecule has 1 aliphatic heterocycles. The first kappa shape index (κ1) is 21.4. The lowest BCUT2D eigenvalue weighted by Crippen LogP contribution is -2.49. The van der Waals surface area contributed by atoms with Crippen molar-refractivity contribution in [1.82, 2.24) is 20.5 Å². The van der Waals surface area contributed by atoms with E-state index < -0.39 is 23.8 Å². The number of anilines is 2. The van der Waals surface area contributed by atoms with Gasteiger partial charge in [0.25, 0.3) is 0 Å². The molecule has 160 valence electrons. The second-order valence-corrected chi connectivity index (χ2v) is 7.74. The SMILES string of the molecule is O=CN(O)C[C@@H](CC1CCCC1)C(=O)NNc1nc(Cl)nc(N2CC(F)C2)c1F. The fraction of sp³-hybridized carbons (Fsp3) is 0.647. The molecule has 0 unspecified atom stereocenters. The van der Waals surface area contributed by atoms with E-state index in [1.165, 1.54) is 4.90 Å². The van der Waals surface area contributed by atoms with Crippen molar-refractivity contribution in [3.63, 3.8) is 0 Å². The van der Waals surface area contributed by atoms with Crippen molar-refractivity contribution < 1.29 is 23.6 Å². The van der Waals surface area contributed by atoms with Crippen molar-refractivity contribution in [1.29, 1.82) is 0 Å². The molecule has 1 aromatic rings. The number of nitrogens with one attached hydrogen (secondary N) is 2. The number of alkyl halides is 1. The number of hydroxylamine groups is 2. The average molecular weight is 433 g/mol. The molecule has 0 radical (unpaired) electrons. The summed E-state index contributed by atoms with van der Waals surface area (Å²) in [5, 5.41) is 9.65. The second kappa shape index (κ2) is 9.49. The quantitative estimate of drug-likeness (QED) is 0.236. The molecule has 12 heteroatoms. The highest BCUT2D eigenvalue weighted by Gasteiger charge is 2.32. The van der Waals surface area contributed by atoms with E-state index in [2.05, 4.69) is 20.8 Å². The van der Waals surface area contributed by atoms with E-state index in [1.54, 1.807) is 0 Å². The Kier molecular flexibility index (Phi) is 7.01. The molecule has 0 bridgehead atoms. The van der Waals surface area contributed by atoms with Gasteiger partial charge in [-0.1, -0.05) is 25.7 Å². The van der Waals surface area contributed by atoms with Gasteiger partial charge in [0, 0.05) is 0 Å². The normalized spacial score (nSPS) is 18.3. The number of halogens is 3. The summed E-state index contributed by atoms with van der Waals surface area (Å²) in [6.45, 7) is -0.188. The molecule has 1 aliphatic carbocycles. The Morgan fingerprint density at radius 1 is 1.38 bits per heavy atom. The van der Waals surface area contributed by atoms with E-state index in [0.29, 0.717) is 17.4 Å². The Hall–Kier alpha value is -2.27. The summed E-state index contributed by atoms with van der Waals surface area (Å²) in [6, 6.07) is 0. The lowest BCUT2D eigenvalue weighted by molar-refractivity contribution is -0.154. The van der Waals surface area contributed by atoms with Crippen LogP contribution in [-0.4, -0.2) is 58.4 Å². The predicted molar refractivity (Wildman–Crippen MR) is 100 cm³/mol. The summed E-state index contributed by atoms with van der Waals surface area (Å²) in [7, 11) is 0. The fourth-order valence-corrected chi connectivity index (χ4v) is 3.87. The van der Waals surface area contributed by atoms with Crippen LogP contribution in [0.3, 0.4) is 0 Å². The molecule has 1 saturated heterocycles. The van der Waals surface area contributed by atoms with Crippen molar-refractivity contribution in [2.45, 2.75) is 38.3 Å². The van der Waals surface area contributed by atoms with E-state index >= 15 is 0 Å². The van der Waals surface area contributed by atoms with Gasteiger partial charge in [0.05, 0.1) is 25.6 Å². The van der Waals surface area contributed by atoms with Crippen LogP contribution in [0.1, 0.15) is 32.1 Å². The lowest BCUT2D eigenvalue weighted by atomic mass is 9.92. The molecule has 0 aromatic carbocycles. The van der Waals surface area contributed by atoms with Gasteiger partial charge >= 0.3 is 0 Å². The highest BCUT2D eigenvalue weighted by Crippen LogP contribution is 2.31. The van der Waals surface area contributed by atoms with Gasteiger partial charge in [-0.05, 0) is 23.9 Å². The molecule has 2 aliphatic rings. The first-order chi connectivity index (χ1) is 13.9. The molecule has 1 aromatic heterocycles. The zero-order valence-corrected chi connectivity index (χ0v) is 16.4. The summed E-state index contributed by atoms with van der Waals surface area (Å²) in [5.41, 5.74) is 4.74. The number of carbonyl (C=O) groups is 2. The number of aromatic nitrogens is 2. The number of hydrazine groups is 1. The molecular weight excluding hydrogens is 410 g/mol. The zero-order valence-electron chi connectivity index (χ0n) is 15.7. The molecule has 29 heavy (non-hydrogen) atoms. The summed E-state index contributed by atoms with van der Waals surface area (Å²) < 4.78 is 27.7. The van der Waals surface area contributed by atoms with Crippen LogP contribution in [0.2, 0.25) is 5.28 Å². The number of rotatable bonds is 9. The minimum absolute atomic E-state index is 0.00243. The Labute approximate surface area is 171 Å². The van der Waals surface area contributed by atoms with Crippen LogP contribution in [0.5, 0.6) is 0 Å². The first-order valence-corrected chi connectivity index (χ1v) is 9.84. The van der Waals surface area contributed by atoms with E-state index in [0.717, 1.165) is 25.7 Å². The van der Waals surface area contributed by atoms with Crippen LogP contribution >= 0.6 is 11.6 Å². The van der Waals surface area contributed by atoms with Gasteiger partial charge < -0.3 is 4.90 Å². The van der Waals surface area contributed by atoms with E-state index in [1.807, 2.05) is 0 Å². The maximum atomic E-state index is 14.6. The Morgan fingerprint density at radius 3 is 2.69 bits per heavy atom. The maximum Gasteiger partial charge on any atom is 0.243 e. The van der Waals surface area contributed by atoms with Crippen LogP contribution in [0, 0.1) is 17.7 Å². The summed E-state index contributed by atoms with van der Waals surface area (Å²) in [4.78, 5) is 32.2. The minimum atomic E-state index is -1.06. The molecule has 3 rings (SSSR count). The number of carbonyl (C=O) groups excluding carboxylic acids is 2. The van der Waals surface area contributed by atoms with Gasteiger partial charge in [-0.25, -0.2) is 9.45 Å².